The van der Waals surface area contributed by atoms with Gasteiger partial charge in [0.1, 0.15) is 0 Å². The quantitative estimate of drug-likeness (QED) is 0.624. The van der Waals surface area contributed by atoms with Crippen molar-refractivity contribution in [3.8, 4) is 0 Å². The molecule has 2 rings (SSSR count). The van der Waals surface area contributed by atoms with Crippen LogP contribution in [0.1, 0.15) is 43.9 Å². The second-order valence-corrected chi connectivity index (χ2v) is 6.00. The molecule has 0 spiro atoms. The van der Waals surface area contributed by atoms with E-state index in [-0.39, 0.29) is 0 Å². The minimum Gasteiger partial charge on any atom is -0.0785 e. The monoisotopic (exact) mass is 240 g/mol. The van der Waals surface area contributed by atoms with Gasteiger partial charge in [0.25, 0.3) is 0 Å². The molecule has 18 heavy (non-hydrogen) atoms. The zero-order valence-corrected chi connectivity index (χ0v) is 12.2. The summed E-state index contributed by atoms with van der Waals surface area (Å²) in [5.74, 6) is 1.39. The summed E-state index contributed by atoms with van der Waals surface area (Å²) in [5.41, 5.74) is 7.02. The Bertz CT molecular complexity index is 483. The van der Waals surface area contributed by atoms with E-state index in [4.69, 9.17) is 0 Å². The fraction of sp³-hybridized carbons (Fsp3) is 0.444. The number of hydrogen-bond donors (Lipinski definition) is 0. The highest BCUT2D eigenvalue weighted by Crippen LogP contribution is 2.32. The van der Waals surface area contributed by atoms with Gasteiger partial charge in [0.05, 0.1) is 0 Å². The van der Waals surface area contributed by atoms with E-state index in [0.717, 1.165) is 5.92 Å². The number of benzene rings is 1. The Hall–Kier alpha value is -1.30. The van der Waals surface area contributed by atoms with Crippen molar-refractivity contribution in [1.82, 2.24) is 0 Å². The first kappa shape index (κ1) is 13.1. The van der Waals surface area contributed by atoms with Crippen molar-refractivity contribution < 1.29 is 0 Å². The second kappa shape index (κ2) is 5.14. The van der Waals surface area contributed by atoms with Crippen LogP contribution in [0.2, 0.25) is 0 Å². The molecule has 0 saturated carbocycles. The van der Waals surface area contributed by atoms with Gasteiger partial charge >= 0.3 is 0 Å². The third kappa shape index (κ3) is 2.93. The van der Waals surface area contributed by atoms with Gasteiger partial charge in [-0.1, -0.05) is 60.9 Å². The van der Waals surface area contributed by atoms with Crippen LogP contribution < -0.4 is 0 Å². The molecular formula is C18H24. The Morgan fingerprint density at radius 2 is 1.56 bits per heavy atom. The lowest BCUT2D eigenvalue weighted by Crippen LogP contribution is -2.04. The van der Waals surface area contributed by atoms with Gasteiger partial charge in [-0.05, 0) is 50.2 Å². The van der Waals surface area contributed by atoms with Gasteiger partial charge < -0.3 is 0 Å². The van der Waals surface area contributed by atoms with E-state index >= 15 is 0 Å². The van der Waals surface area contributed by atoms with Gasteiger partial charge in [0.15, 0.2) is 0 Å². The van der Waals surface area contributed by atoms with Crippen molar-refractivity contribution in [3.05, 3.63) is 52.6 Å². The third-order valence-corrected chi connectivity index (χ3v) is 3.96. The molecule has 0 N–H and O–H groups in total. The molecule has 0 heterocycles. The van der Waals surface area contributed by atoms with Crippen LogP contribution in [0.15, 0.2) is 35.9 Å². The van der Waals surface area contributed by atoms with Gasteiger partial charge in [-0.3, -0.25) is 0 Å². The standard InChI is InChI=1S/C18H24/c1-12-6-13(2)9-17(8-12)18-10-14(3)7-15(4)16(5)11-18/h6-10,15-16H,11H2,1-5H3/t15?,16-/m0/s1. The van der Waals surface area contributed by atoms with E-state index in [9.17, 15) is 0 Å². The van der Waals surface area contributed by atoms with Crippen LogP contribution in [0, 0.1) is 25.7 Å². The highest BCUT2D eigenvalue weighted by Gasteiger charge is 2.16. The van der Waals surface area contributed by atoms with E-state index in [1.54, 1.807) is 0 Å². The maximum absolute atomic E-state index is 2.40. The fourth-order valence-corrected chi connectivity index (χ4v) is 2.85. The summed E-state index contributed by atoms with van der Waals surface area (Å²) in [4.78, 5) is 0. The number of allylic oxidation sites excluding steroid dienone is 4. The van der Waals surface area contributed by atoms with Crippen molar-refractivity contribution in [2.24, 2.45) is 11.8 Å². The maximum Gasteiger partial charge on any atom is -0.0219 e. The Morgan fingerprint density at radius 3 is 2.17 bits per heavy atom. The fourth-order valence-electron chi connectivity index (χ4n) is 2.85. The van der Waals surface area contributed by atoms with Crippen LogP contribution in [0.5, 0.6) is 0 Å². The van der Waals surface area contributed by atoms with Crippen LogP contribution in [0.25, 0.3) is 5.57 Å². The molecule has 0 heteroatoms. The lowest BCUT2D eigenvalue weighted by Gasteiger charge is -2.17. The number of hydrogen-bond acceptors (Lipinski definition) is 0. The van der Waals surface area contributed by atoms with Crippen LogP contribution in [0.4, 0.5) is 0 Å². The van der Waals surface area contributed by atoms with Crippen LogP contribution in [-0.2, 0) is 0 Å². The summed E-state index contributed by atoms with van der Waals surface area (Å²) in [6.07, 6.45) is 5.95. The van der Waals surface area contributed by atoms with E-state index < -0.39 is 0 Å². The Labute approximate surface area is 111 Å². The maximum atomic E-state index is 2.40. The molecule has 0 aliphatic heterocycles. The molecule has 0 fully saturated rings. The minimum atomic E-state index is 0.671. The SMILES string of the molecule is CC1=CC(C)[C@@H](C)CC(c2cc(C)cc(C)c2)=C1. The first-order chi connectivity index (χ1) is 8.45. The molecule has 1 aliphatic rings. The molecule has 0 aromatic heterocycles. The van der Waals surface area contributed by atoms with Gasteiger partial charge in [0, 0.05) is 0 Å². The van der Waals surface area contributed by atoms with Crippen LogP contribution >= 0.6 is 0 Å². The summed E-state index contributed by atoms with van der Waals surface area (Å²) >= 11 is 0. The molecule has 0 radical (unpaired) electrons. The van der Waals surface area contributed by atoms with Crippen molar-refractivity contribution in [2.45, 2.75) is 41.0 Å². The molecular weight excluding hydrogens is 216 g/mol. The van der Waals surface area contributed by atoms with Crippen molar-refractivity contribution >= 4 is 5.57 Å². The highest BCUT2D eigenvalue weighted by atomic mass is 14.2. The Morgan fingerprint density at radius 1 is 0.944 bits per heavy atom. The van der Waals surface area contributed by atoms with E-state index in [0.29, 0.717) is 5.92 Å². The molecule has 1 aromatic rings. The average molecular weight is 240 g/mol. The van der Waals surface area contributed by atoms with E-state index in [2.05, 4.69) is 65.0 Å². The molecule has 1 aromatic carbocycles. The topological polar surface area (TPSA) is 0 Å². The smallest absolute Gasteiger partial charge is 0.0219 e. The second-order valence-electron chi connectivity index (χ2n) is 6.00. The van der Waals surface area contributed by atoms with Gasteiger partial charge in [-0.25, -0.2) is 0 Å². The molecule has 2 atom stereocenters. The lowest BCUT2D eigenvalue weighted by molar-refractivity contribution is 0.472. The van der Waals surface area contributed by atoms with Gasteiger partial charge in [-0.15, -0.1) is 0 Å². The van der Waals surface area contributed by atoms with Crippen LogP contribution in [0.3, 0.4) is 0 Å². The first-order valence-electron chi connectivity index (χ1n) is 6.93. The van der Waals surface area contributed by atoms with Crippen LogP contribution in [-0.4, -0.2) is 0 Å². The Kier molecular flexibility index (Phi) is 3.75. The van der Waals surface area contributed by atoms with Crippen molar-refractivity contribution in [3.63, 3.8) is 0 Å². The Balaban J connectivity index is 2.41. The lowest BCUT2D eigenvalue weighted by atomic mass is 9.88. The predicted octanol–water partition coefficient (Wildman–Crippen LogP) is 5.31. The van der Waals surface area contributed by atoms with Gasteiger partial charge in [0.2, 0.25) is 0 Å². The molecule has 0 saturated heterocycles. The van der Waals surface area contributed by atoms with Crippen molar-refractivity contribution in [1.29, 1.82) is 0 Å². The summed E-state index contributed by atoms with van der Waals surface area (Å²) in [6.45, 7) is 11.3. The summed E-state index contributed by atoms with van der Waals surface area (Å²) in [5, 5.41) is 0. The first-order valence-corrected chi connectivity index (χ1v) is 6.93. The zero-order chi connectivity index (χ0) is 13.3. The summed E-state index contributed by atoms with van der Waals surface area (Å²) in [6, 6.07) is 6.87. The molecule has 1 unspecified atom stereocenters. The summed E-state index contributed by atoms with van der Waals surface area (Å²) < 4.78 is 0. The minimum absolute atomic E-state index is 0.671. The third-order valence-electron chi connectivity index (χ3n) is 3.96. The average Bonchev–Trinajstić information content (AvgIpc) is 2.37. The highest BCUT2D eigenvalue weighted by molar-refractivity contribution is 5.69. The molecule has 0 bridgehead atoms. The molecule has 0 nitrogen and oxygen atoms in total. The largest absolute Gasteiger partial charge is 0.0785 e. The van der Waals surface area contributed by atoms with E-state index in [1.165, 1.54) is 34.3 Å². The van der Waals surface area contributed by atoms with Crippen molar-refractivity contribution in [2.75, 3.05) is 0 Å². The molecule has 0 amide bonds. The molecule has 96 valence electrons. The molecule has 1 aliphatic carbocycles. The van der Waals surface area contributed by atoms with E-state index in [1.807, 2.05) is 0 Å². The number of aryl methyl sites for hydroxylation is 2. The predicted molar refractivity (Wildman–Crippen MR) is 80.6 cm³/mol. The zero-order valence-electron chi connectivity index (χ0n) is 12.2. The summed E-state index contributed by atoms with van der Waals surface area (Å²) in [7, 11) is 0. The number of rotatable bonds is 1. The van der Waals surface area contributed by atoms with Gasteiger partial charge in [-0.2, -0.15) is 0 Å². The normalized spacial score (nSPS) is 24.3.